The van der Waals surface area contributed by atoms with Gasteiger partial charge in [-0.2, -0.15) is 0 Å². The zero-order valence-electron chi connectivity index (χ0n) is 5.58. The van der Waals surface area contributed by atoms with Gasteiger partial charge in [0, 0.05) is 5.56 Å². The van der Waals surface area contributed by atoms with Gasteiger partial charge >= 0.3 is 0 Å². The van der Waals surface area contributed by atoms with Gasteiger partial charge in [0.05, 0.1) is 8.41 Å². The van der Waals surface area contributed by atoms with Crippen molar-refractivity contribution < 1.29 is 4.74 Å². The van der Waals surface area contributed by atoms with Crippen molar-refractivity contribution in [2.24, 2.45) is 0 Å². The molecule has 11 heavy (non-hydrogen) atoms. The second-order valence-electron chi connectivity index (χ2n) is 2.25. The van der Waals surface area contributed by atoms with Crippen molar-refractivity contribution in [3.05, 3.63) is 35.9 Å². The third-order valence-electron chi connectivity index (χ3n) is 1.55. The van der Waals surface area contributed by atoms with E-state index in [9.17, 15) is 0 Å². The third-order valence-corrected chi connectivity index (χ3v) is 1.55. The molecule has 0 saturated heterocycles. The van der Waals surface area contributed by atoms with Gasteiger partial charge in [0.1, 0.15) is 12.4 Å². The molecule has 0 radical (unpaired) electrons. The summed E-state index contributed by atoms with van der Waals surface area (Å²) in [6, 6.07) is 8.03. The molecule has 1 aromatic rings. The van der Waals surface area contributed by atoms with Crippen molar-refractivity contribution >= 4 is 14.5 Å². The van der Waals surface area contributed by atoms with E-state index in [1.807, 2.05) is 30.3 Å². The highest BCUT2D eigenvalue weighted by Gasteiger charge is 2.01. The second-order valence-corrected chi connectivity index (χ2v) is 2.25. The van der Waals surface area contributed by atoms with Gasteiger partial charge in [0.25, 0.3) is 0 Å². The van der Waals surface area contributed by atoms with Crippen LogP contribution in [-0.2, 0) is 0 Å². The molecular formula is C9H11BO. The largest absolute Gasteiger partial charge is 0.489 e. The minimum atomic E-state index is 0. The van der Waals surface area contributed by atoms with Gasteiger partial charge in [-0.1, -0.05) is 24.3 Å². The van der Waals surface area contributed by atoms with Crippen LogP contribution in [0.4, 0.5) is 0 Å². The summed E-state index contributed by atoms with van der Waals surface area (Å²) in [5.41, 5.74) is 1.17. The summed E-state index contributed by atoms with van der Waals surface area (Å²) in [5.74, 6) is 0.991. The first kappa shape index (κ1) is 7.93. The molecule has 0 fully saturated rings. The quantitative estimate of drug-likeness (QED) is 0.494. The van der Waals surface area contributed by atoms with Crippen LogP contribution in [0.1, 0.15) is 5.56 Å². The van der Waals surface area contributed by atoms with Crippen LogP contribution in [0.3, 0.4) is 0 Å². The molecule has 2 rings (SSSR count). The Labute approximate surface area is 68.3 Å². The molecule has 0 amide bonds. The topological polar surface area (TPSA) is 9.23 Å². The Balaban J connectivity index is 0.000000605. The Kier molecular flexibility index (Phi) is 2.37. The van der Waals surface area contributed by atoms with Crippen LogP contribution in [0.25, 0.3) is 6.08 Å². The van der Waals surface area contributed by atoms with Gasteiger partial charge < -0.3 is 4.74 Å². The maximum atomic E-state index is 5.34. The van der Waals surface area contributed by atoms with Gasteiger partial charge in [0.15, 0.2) is 0 Å². The molecule has 56 valence electrons. The predicted molar refractivity (Wildman–Crippen MR) is 50.9 cm³/mol. The fourth-order valence-corrected chi connectivity index (χ4v) is 1.06. The SMILES string of the molecule is B.C1=Cc2ccccc2OC1. The van der Waals surface area contributed by atoms with Crippen LogP contribution in [0.15, 0.2) is 30.3 Å². The Morgan fingerprint density at radius 2 is 2.00 bits per heavy atom. The number of benzene rings is 1. The average molecular weight is 146 g/mol. The van der Waals surface area contributed by atoms with Gasteiger partial charge in [-0.15, -0.1) is 0 Å². The molecular weight excluding hydrogens is 135 g/mol. The van der Waals surface area contributed by atoms with E-state index >= 15 is 0 Å². The zero-order chi connectivity index (χ0) is 6.81. The monoisotopic (exact) mass is 146 g/mol. The highest BCUT2D eigenvalue weighted by molar-refractivity contribution is 5.75. The van der Waals surface area contributed by atoms with Crippen LogP contribution in [0, 0.1) is 0 Å². The van der Waals surface area contributed by atoms with Gasteiger partial charge in [-0.05, 0) is 12.1 Å². The summed E-state index contributed by atoms with van der Waals surface area (Å²) in [6.45, 7) is 0.705. The molecule has 1 aromatic carbocycles. The molecule has 2 heteroatoms. The lowest BCUT2D eigenvalue weighted by Gasteiger charge is -2.10. The number of para-hydroxylation sites is 1. The summed E-state index contributed by atoms with van der Waals surface area (Å²) in [6.07, 6.45) is 4.10. The molecule has 0 spiro atoms. The molecule has 1 nitrogen and oxygen atoms in total. The highest BCUT2D eigenvalue weighted by atomic mass is 16.5. The van der Waals surface area contributed by atoms with Crippen molar-refractivity contribution in [3.63, 3.8) is 0 Å². The molecule has 0 bridgehead atoms. The van der Waals surface area contributed by atoms with Crippen molar-refractivity contribution in [1.29, 1.82) is 0 Å². The number of hydrogen-bond donors (Lipinski definition) is 0. The molecule has 0 aromatic heterocycles. The number of ether oxygens (including phenoxy) is 1. The summed E-state index contributed by atoms with van der Waals surface area (Å²) in [7, 11) is 0. The molecule has 0 saturated carbocycles. The van der Waals surface area contributed by atoms with Gasteiger partial charge in [-0.3, -0.25) is 0 Å². The third kappa shape index (κ3) is 1.45. The van der Waals surface area contributed by atoms with E-state index in [4.69, 9.17) is 4.74 Å². The second kappa shape index (κ2) is 3.29. The highest BCUT2D eigenvalue weighted by Crippen LogP contribution is 2.21. The van der Waals surface area contributed by atoms with Crippen LogP contribution >= 0.6 is 0 Å². The van der Waals surface area contributed by atoms with E-state index in [0.29, 0.717) is 6.61 Å². The standard InChI is InChI=1S/C9H8O.BH3/c1-2-6-9-8(4-1)5-3-7-10-9;/h1-6H,7H2;1H3. The summed E-state index contributed by atoms with van der Waals surface area (Å²) in [4.78, 5) is 0. The zero-order valence-corrected chi connectivity index (χ0v) is 5.58. The maximum absolute atomic E-state index is 5.34. The molecule has 0 unspecified atom stereocenters. The first-order chi connectivity index (χ1) is 4.97. The van der Waals surface area contributed by atoms with Crippen molar-refractivity contribution in [3.8, 4) is 5.75 Å². The Morgan fingerprint density at radius 3 is 2.82 bits per heavy atom. The van der Waals surface area contributed by atoms with Crippen LogP contribution in [-0.4, -0.2) is 15.0 Å². The fraction of sp³-hybridized carbons (Fsp3) is 0.111. The minimum Gasteiger partial charge on any atom is -0.489 e. The molecule has 0 atom stereocenters. The Bertz CT molecular complexity index is 268. The molecule has 0 N–H and O–H groups in total. The van der Waals surface area contributed by atoms with Crippen molar-refractivity contribution in [2.75, 3.05) is 6.61 Å². The molecule has 1 aliphatic rings. The summed E-state index contributed by atoms with van der Waals surface area (Å²) >= 11 is 0. The van der Waals surface area contributed by atoms with E-state index in [-0.39, 0.29) is 8.41 Å². The Morgan fingerprint density at radius 1 is 1.18 bits per heavy atom. The van der Waals surface area contributed by atoms with Gasteiger partial charge in [0.2, 0.25) is 0 Å². The minimum absolute atomic E-state index is 0. The number of fused-ring (bicyclic) bond motifs is 1. The summed E-state index contributed by atoms with van der Waals surface area (Å²) in [5, 5.41) is 0. The van der Waals surface area contributed by atoms with Crippen LogP contribution in [0.5, 0.6) is 5.75 Å². The smallest absolute Gasteiger partial charge is 0.126 e. The predicted octanol–water partition coefficient (Wildman–Crippen LogP) is 0.908. The fourth-order valence-electron chi connectivity index (χ4n) is 1.06. The van der Waals surface area contributed by atoms with E-state index in [2.05, 4.69) is 6.08 Å². The van der Waals surface area contributed by atoms with Crippen molar-refractivity contribution in [1.82, 2.24) is 0 Å². The number of rotatable bonds is 0. The van der Waals surface area contributed by atoms with Crippen molar-refractivity contribution in [2.45, 2.75) is 0 Å². The average Bonchev–Trinajstić information content (AvgIpc) is 2.05. The Hall–Kier alpha value is -1.18. The van der Waals surface area contributed by atoms with E-state index in [1.54, 1.807) is 0 Å². The summed E-state index contributed by atoms with van der Waals surface area (Å²) < 4.78 is 5.34. The maximum Gasteiger partial charge on any atom is 0.126 e. The van der Waals surface area contributed by atoms with E-state index < -0.39 is 0 Å². The lowest BCUT2D eigenvalue weighted by molar-refractivity contribution is 0.358. The van der Waals surface area contributed by atoms with Crippen LogP contribution < -0.4 is 4.74 Å². The van der Waals surface area contributed by atoms with Crippen LogP contribution in [0.2, 0.25) is 0 Å². The van der Waals surface area contributed by atoms with Gasteiger partial charge in [-0.25, -0.2) is 0 Å². The normalized spacial score (nSPS) is 12.7. The van der Waals surface area contributed by atoms with E-state index in [1.165, 1.54) is 5.56 Å². The first-order valence-corrected chi connectivity index (χ1v) is 3.35. The first-order valence-electron chi connectivity index (χ1n) is 3.35. The lowest BCUT2D eigenvalue weighted by Crippen LogP contribution is -1.98. The molecule has 0 aliphatic carbocycles. The molecule has 1 aliphatic heterocycles. The molecule has 1 heterocycles. The number of hydrogen-bond acceptors (Lipinski definition) is 1. The van der Waals surface area contributed by atoms with E-state index in [0.717, 1.165) is 5.75 Å². The lowest BCUT2D eigenvalue weighted by atomic mass is 10.1.